The number of quaternary nitrogens is 1. The molecule has 0 heterocycles. The van der Waals surface area contributed by atoms with E-state index in [-0.39, 0.29) is 42.7 Å². The molecule has 0 aliphatic heterocycles. The smallest absolute Gasteiger partial charge is 0.306 e. The van der Waals surface area contributed by atoms with Crippen molar-refractivity contribution in [2.75, 3.05) is 41.0 Å². The Morgan fingerprint density at radius 3 is 1.58 bits per heavy atom. The van der Waals surface area contributed by atoms with E-state index in [1.165, 1.54) is 89.9 Å². The zero-order valence-corrected chi connectivity index (χ0v) is 34.2. The molecule has 0 bridgehead atoms. The first kappa shape index (κ1) is 49.6. The fraction of sp³-hybridized carbons (Fsp3) is 0.795. The zero-order valence-electron chi connectivity index (χ0n) is 34.2. The lowest BCUT2D eigenvalue weighted by atomic mass is 10.0. The number of hydrogen-bond donors (Lipinski definition) is 0. The van der Waals surface area contributed by atoms with E-state index in [0.29, 0.717) is 12.8 Å². The van der Waals surface area contributed by atoms with Crippen LogP contribution in [0.5, 0.6) is 0 Å². The highest BCUT2D eigenvalue weighted by atomic mass is 16.6. The Balaban J connectivity index is 4.37. The summed E-state index contributed by atoms with van der Waals surface area (Å²) in [5.41, 5.74) is 0. The average Bonchev–Trinajstić information content (AvgIpc) is 3.09. The number of aliphatic carboxylic acids is 1. The molecule has 0 saturated heterocycles. The van der Waals surface area contributed by atoms with Gasteiger partial charge in [0.25, 0.3) is 0 Å². The van der Waals surface area contributed by atoms with Gasteiger partial charge in [0.1, 0.15) is 12.6 Å². The van der Waals surface area contributed by atoms with E-state index in [0.717, 1.165) is 51.4 Å². The van der Waals surface area contributed by atoms with Gasteiger partial charge in [0.2, 0.25) is 0 Å². The van der Waals surface area contributed by atoms with Crippen LogP contribution in [-0.2, 0) is 28.6 Å². The molecule has 0 fully saturated rings. The third-order valence-electron chi connectivity index (χ3n) is 9.35. The molecule has 0 N–H and O–H groups in total. The van der Waals surface area contributed by atoms with Crippen LogP contribution in [0.25, 0.3) is 0 Å². The fourth-order valence-electron chi connectivity index (χ4n) is 6.07. The van der Waals surface area contributed by atoms with Gasteiger partial charge in [0, 0.05) is 19.3 Å². The number of unbranched alkanes of at least 4 members (excludes halogenated alkanes) is 19. The fourth-order valence-corrected chi connectivity index (χ4v) is 6.07. The summed E-state index contributed by atoms with van der Waals surface area (Å²) in [5, 5.41) is 11.6. The van der Waals surface area contributed by atoms with Crippen LogP contribution in [0.2, 0.25) is 0 Å². The first-order valence-electron chi connectivity index (χ1n) is 21.0. The maximum atomic E-state index is 12.7. The summed E-state index contributed by atoms with van der Waals surface area (Å²) in [6.07, 6.45) is 38.7. The van der Waals surface area contributed by atoms with Crippen molar-refractivity contribution in [2.24, 2.45) is 0 Å². The average molecular weight is 734 g/mol. The van der Waals surface area contributed by atoms with Gasteiger partial charge in [-0.2, -0.15) is 0 Å². The number of carbonyl (C=O) groups excluding carboxylic acids is 3. The molecule has 0 spiro atoms. The third kappa shape index (κ3) is 33.4. The molecular formula is C44H79NO7. The standard InChI is InChI=1S/C44H79NO7/c1-6-8-10-12-14-16-18-20-21-23-24-26-28-30-32-34-42(46)51-39-40(38-50-37-36-41(44(48)49)45(3,4)5)52-43(47)35-33-31-29-27-25-22-19-17-15-13-11-9-7-2/h8,10,12,14,16,18,40-41H,6-7,9,11,13,15,17,19-39H2,1-5H3/b10-8+,14-12+,18-16+. The highest BCUT2D eigenvalue weighted by molar-refractivity contribution is 5.70. The summed E-state index contributed by atoms with van der Waals surface area (Å²) in [6, 6.07) is -0.725. The van der Waals surface area contributed by atoms with Crippen LogP contribution < -0.4 is 5.11 Å². The molecule has 2 unspecified atom stereocenters. The van der Waals surface area contributed by atoms with E-state index in [4.69, 9.17) is 14.2 Å². The number of ether oxygens (including phenoxy) is 3. The molecule has 0 radical (unpaired) electrons. The Morgan fingerprint density at radius 2 is 1.08 bits per heavy atom. The first-order valence-corrected chi connectivity index (χ1v) is 21.0. The maximum absolute atomic E-state index is 12.7. The second-order valence-electron chi connectivity index (χ2n) is 15.3. The van der Waals surface area contributed by atoms with Gasteiger partial charge in [-0.05, 0) is 32.1 Å². The molecule has 0 rings (SSSR count). The molecular weight excluding hydrogens is 654 g/mol. The lowest BCUT2D eigenvalue weighted by Crippen LogP contribution is -2.55. The number of allylic oxidation sites excluding steroid dienone is 6. The van der Waals surface area contributed by atoms with E-state index in [2.05, 4.69) is 50.3 Å². The highest BCUT2D eigenvalue weighted by Crippen LogP contribution is 2.15. The van der Waals surface area contributed by atoms with E-state index in [9.17, 15) is 19.5 Å². The van der Waals surface area contributed by atoms with Crippen LogP contribution in [0.3, 0.4) is 0 Å². The van der Waals surface area contributed by atoms with Gasteiger partial charge in [0.15, 0.2) is 6.10 Å². The van der Waals surface area contributed by atoms with Crippen LogP contribution in [0.1, 0.15) is 174 Å². The van der Waals surface area contributed by atoms with Gasteiger partial charge in [-0.3, -0.25) is 9.59 Å². The minimum Gasteiger partial charge on any atom is -0.544 e. The quantitative estimate of drug-likeness (QED) is 0.0271. The lowest BCUT2D eigenvalue weighted by Gasteiger charge is -2.34. The van der Waals surface area contributed by atoms with Gasteiger partial charge in [0.05, 0.1) is 40.3 Å². The van der Waals surface area contributed by atoms with E-state index in [1.54, 1.807) is 21.1 Å². The predicted octanol–water partition coefficient (Wildman–Crippen LogP) is 9.74. The Labute approximate surface area is 319 Å². The third-order valence-corrected chi connectivity index (χ3v) is 9.35. The van der Waals surface area contributed by atoms with Crippen LogP contribution in [0.4, 0.5) is 0 Å². The van der Waals surface area contributed by atoms with Gasteiger partial charge in [-0.1, -0.05) is 159 Å². The summed E-state index contributed by atoms with van der Waals surface area (Å²) < 4.78 is 17.1. The number of hydrogen-bond acceptors (Lipinski definition) is 7. The molecule has 0 aliphatic rings. The predicted molar refractivity (Wildman–Crippen MR) is 213 cm³/mol. The Bertz CT molecular complexity index is 953. The minimum atomic E-state index is -1.13. The zero-order chi connectivity index (χ0) is 38.5. The lowest BCUT2D eigenvalue weighted by molar-refractivity contribution is -0.889. The summed E-state index contributed by atoms with van der Waals surface area (Å²) in [6.45, 7) is 4.52. The van der Waals surface area contributed by atoms with Gasteiger partial charge in [-0.15, -0.1) is 0 Å². The molecule has 0 saturated carbocycles. The molecule has 302 valence electrons. The molecule has 52 heavy (non-hydrogen) atoms. The van der Waals surface area contributed by atoms with Gasteiger partial charge < -0.3 is 28.6 Å². The minimum absolute atomic E-state index is 0.0390. The Morgan fingerprint density at radius 1 is 0.596 bits per heavy atom. The van der Waals surface area contributed by atoms with Crippen molar-refractivity contribution < 1.29 is 38.2 Å². The molecule has 8 heteroatoms. The van der Waals surface area contributed by atoms with Crippen molar-refractivity contribution in [3.05, 3.63) is 36.5 Å². The Hall–Kier alpha value is -2.45. The monoisotopic (exact) mass is 734 g/mol. The number of nitrogens with zero attached hydrogens (tertiary/aromatic N) is 1. The normalized spacial score (nSPS) is 13.3. The van der Waals surface area contributed by atoms with Crippen molar-refractivity contribution in [1.82, 2.24) is 0 Å². The number of carbonyl (C=O) groups is 3. The van der Waals surface area contributed by atoms with Crippen LogP contribution >= 0.6 is 0 Å². The van der Waals surface area contributed by atoms with E-state index < -0.39 is 18.1 Å². The van der Waals surface area contributed by atoms with E-state index >= 15 is 0 Å². The number of rotatable bonds is 37. The number of esters is 2. The van der Waals surface area contributed by atoms with Crippen LogP contribution in [0, 0.1) is 0 Å². The number of likely N-dealkylation sites (N-methyl/N-ethyl adjacent to an activating group) is 1. The second kappa shape index (κ2) is 35.6. The summed E-state index contributed by atoms with van der Waals surface area (Å²) >= 11 is 0. The molecule has 0 amide bonds. The van der Waals surface area contributed by atoms with Crippen molar-refractivity contribution in [3.8, 4) is 0 Å². The van der Waals surface area contributed by atoms with Crippen LogP contribution in [0.15, 0.2) is 36.5 Å². The van der Waals surface area contributed by atoms with Crippen molar-refractivity contribution in [1.29, 1.82) is 0 Å². The summed E-state index contributed by atoms with van der Waals surface area (Å²) in [5.74, 6) is -1.75. The van der Waals surface area contributed by atoms with Crippen molar-refractivity contribution in [3.63, 3.8) is 0 Å². The number of carboxylic acid groups (broad SMARTS) is 1. The maximum Gasteiger partial charge on any atom is 0.306 e. The summed E-state index contributed by atoms with van der Waals surface area (Å²) in [4.78, 5) is 36.8. The van der Waals surface area contributed by atoms with Crippen molar-refractivity contribution >= 4 is 17.9 Å². The molecule has 0 aromatic carbocycles. The van der Waals surface area contributed by atoms with E-state index in [1.807, 2.05) is 0 Å². The van der Waals surface area contributed by atoms with Crippen LogP contribution in [-0.4, -0.2) is 75.5 Å². The largest absolute Gasteiger partial charge is 0.544 e. The first-order chi connectivity index (χ1) is 25.1. The topological polar surface area (TPSA) is 102 Å². The molecule has 2 atom stereocenters. The molecule has 0 aliphatic carbocycles. The second-order valence-corrected chi connectivity index (χ2v) is 15.3. The molecule has 0 aromatic rings. The Kier molecular flexibility index (Phi) is 33.9. The highest BCUT2D eigenvalue weighted by Gasteiger charge is 2.25. The SMILES string of the molecule is CC/C=C/C=C/C=C/CCCCCCCCCC(=O)OCC(COCCC(C(=O)[O-])[N+](C)(C)C)OC(=O)CCCCCCCCCCCCCCC. The van der Waals surface area contributed by atoms with Gasteiger partial charge >= 0.3 is 11.9 Å². The van der Waals surface area contributed by atoms with Crippen molar-refractivity contribution in [2.45, 2.75) is 187 Å². The molecule has 8 nitrogen and oxygen atoms in total. The molecule has 0 aromatic heterocycles. The van der Waals surface area contributed by atoms with Gasteiger partial charge in [-0.25, -0.2) is 0 Å². The number of carboxylic acids is 1. The summed E-state index contributed by atoms with van der Waals surface area (Å²) in [7, 11) is 5.40.